The minimum Gasteiger partial charge on any atom is -0.396 e. The van der Waals surface area contributed by atoms with E-state index in [-0.39, 0.29) is 0 Å². The van der Waals surface area contributed by atoms with E-state index in [9.17, 15) is 0 Å². The molecule has 1 atom stereocenters. The van der Waals surface area contributed by atoms with Gasteiger partial charge in [0.2, 0.25) is 0 Å². The van der Waals surface area contributed by atoms with E-state index >= 15 is 0 Å². The Labute approximate surface area is 136 Å². The van der Waals surface area contributed by atoms with E-state index in [0.29, 0.717) is 18.7 Å². The van der Waals surface area contributed by atoms with Gasteiger partial charge in [-0.1, -0.05) is 35.8 Å². The summed E-state index contributed by atoms with van der Waals surface area (Å²) >= 11 is 3.71. The molecule has 0 amide bonds. The van der Waals surface area contributed by atoms with Crippen LogP contribution in [0, 0.1) is 0 Å². The average Bonchev–Trinajstić information content (AvgIpc) is 2.92. The fraction of sp³-hybridized carbons (Fsp3) is 0.647. The Balaban J connectivity index is 2.04. The largest absolute Gasteiger partial charge is 0.396 e. The molecule has 1 aliphatic rings. The van der Waals surface area contributed by atoms with Gasteiger partial charge in [0, 0.05) is 41.9 Å². The molecule has 3 nitrogen and oxygen atoms in total. The van der Waals surface area contributed by atoms with Crippen molar-refractivity contribution >= 4 is 21.6 Å². The Kier molecular flexibility index (Phi) is 6.52. The Bertz CT molecular complexity index is 450. The zero-order valence-corrected chi connectivity index (χ0v) is 14.7. The molecule has 0 bridgehead atoms. The van der Waals surface area contributed by atoms with Crippen LogP contribution >= 0.6 is 15.9 Å². The molecular formula is C17H27BrN2O. The molecule has 1 aliphatic heterocycles. The number of anilines is 1. The number of hydrogen-bond donors (Lipinski definition) is 2. The standard InChI is InChI=1S/C17H27BrN2O/c1-13(2)19-12-14-7-8-16(11-17(14)18)20-9-3-5-15(20)6-4-10-21/h7-8,11,13,15,19,21H,3-6,9-10,12H2,1-2H3. The summed E-state index contributed by atoms with van der Waals surface area (Å²) < 4.78 is 1.18. The molecular weight excluding hydrogens is 328 g/mol. The van der Waals surface area contributed by atoms with Crippen LogP contribution in [0.1, 0.15) is 45.1 Å². The predicted molar refractivity (Wildman–Crippen MR) is 92.8 cm³/mol. The minimum absolute atomic E-state index is 0.299. The number of nitrogens with one attached hydrogen (secondary N) is 1. The van der Waals surface area contributed by atoms with Gasteiger partial charge < -0.3 is 15.3 Å². The third-order valence-electron chi connectivity index (χ3n) is 4.14. The number of rotatable bonds is 7. The quantitative estimate of drug-likeness (QED) is 0.783. The Hall–Kier alpha value is -0.580. The molecule has 1 aromatic rings. The maximum absolute atomic E-state index is 9.03. The highest BCUT2D eigenvalue weighted by Gasteiger charge is 2.24. The van der Waals surface area contributed by atoms with Gasteiger partial charge in [0.1, 0.15) is 0 Å². The second-order valence-electron chi connectivity index (χ2n) is 6.17. The van der Waals surface area contributed by atoms with Crippen molar-refractivity contribution in [3.8, 4) is 0 Å². The summed E-state index contributed by atoms with van der Waals surface area (Å²) in [5, 5.41) is 12.5. The first-order chi connectivity index (χ1) is 10.1. The first-order valence-corrected chi connectivity index (χ1v) is 8.80. The van der Waals surface area contributed by atoms with Gasteiger partial charge >= 0.3 is 0 Å². The van der Waals surface area contributed by atoms with Crippen molar-refractivity contribution in [2.75, 3.05) is 18.1 Å². The molecule has 0 saturated carbocycles. The Morgan fingerprint density at radius 3 is 2.90 bits per heavy atom. The second kappa shape index (κ2) is 8.16. The van der Waals surface area contributed by atoms with Crippen molar-refractivity contribution < 1.29 is 5.11 Å². The van der Waals surface area contributed by atoms with Crippen LogP contribution in [0.25, 0.3) is 0 Å². The summed E-state index contributed by atoms with van der Waals surface area (Å²) in [6, 6.07) is 7.78. The number of halogens is 1. The molecule has 0 aliphatic carbocycles. The average molecular weight is 355 g/mol. The molecule has 1 saturated heterocycles. The lowest BCUT2D eigenvalue weighted by Crippen LogP contribution is -2.29. The Morgan fingerprint density at radius 1 is 1.43 bits per heavy atom. The van der Waals surface area contributed by atoms with Crippen molar-refractivity contribution in [1.29, 1.82) is 0 Å². The molecule has 1 fully saturated rings. The van der Waals surface area contributed by atoms with Crippen LogP contribution in [-0.2, 0) is 6.54 Å². The molecule has 0 radical (unpaired) electrons. The van der Waals surface area contributed by atoms with Crippen molar-refractivity contribution in [1.82, 2.24) is 5.32 Å². The van der Waals surface area contributed by atoms with Crippen molar-refractivity contribution in [3.63, 3.8) is 0 Å². The van der Waals surface area contributed by atoms with E-state index in [1.165, 1.54) is 28.6 Å². The zero-order chi connectivity index (χ0) is 15.2. The van der Waals surface area contributed by atoms with Crippen LogP contribution in [0.5, 0.6) is 0 Å². The number of benzene rings is 1. The molecule has 21 heavy (non-hydrogen) atoms. The van der Waals surface area contributed by atoms with Crippen LogP contribution in [-0.4, -0.2) is 30.3 Å². The highest BCUT2D eigenvalue weighted by Crippen LogP contribution is 2.31. The molecule has 118 valence electrons. The summed E-state index contributed by atoms with van der Waals surface area (Å²) in [5.41, 5.74) is 2.61. The SMILES string of the molecule is CC(C)NCc1ccc(N2CCCC2CCCO)cc1Br. The van der Waals surface area contributed by atoms with Gasteiger partial charge in [-0.2, -0.15) is 0 Å². The topological polar surface area (TPSA) is 35.5 Å². The zero-order valence-electron chi connectivity index (χ0n) is 13.1. The van der Waals surface area contributed by atoms with Crippen molar-refractivity contribution in [2.45, 2.75) is 58.2 Å². The highest BCUT2D eigenvalue weighted by molar-refractivity contribution is 9.10. The van der Waals surface area contributed by atoms with Crippen LogP contribution in [0.4, 0.5) is 5.69 Å². The van der Waals surface area contributed by atoms with Crippen LogP contribution in [0.3, 0.4) is 0 Å². The van der Waals surface area contributed by atoms with Gasteiger partial charge in [0.25, 0.3) is 0 Å². The first kappa shape index (κ1) is 16.8. The molecule has 4 heteroatoms. The van der Waals surface area contributed by atoms with E-state index in [1.54, 1.807) is 0 Å². The molecule has 1 heterocycles. The number of aliphatic hydroxyl groups is 1. The predicted octanol–water partition coefficient (Wildman–Crippen LogP) is 3.69. The van der Waals surface area contributed by atoms with Gasteiger partial charge in [-0.05, 0) is 43.4 Å². The minimum atomic E-state index is 0.299. The summed E-state index contributed by atoms with van der Waals surface area (Å²) in [4.78, 5) is 2.50. The smallest absolute Gasteiger partial charge is 0.0431 e. The monoisotopic (exact) mass is 354 g/mol. The molecule has 0 spiro atoms. The second-order valence-corrected chi connectivity index (χ2v) is 7.02. The number of hydrogen-bond acceptors (Lipinski definition) is 3. The van der Waals surface area contributed by atoms with Gasteiger partial charge in [-0.3, -0.25) is 0 Å². The van der Waals surface area contributed by atoms with E-state index in [0.717, 1.165) is 25.9 Å². The van der Waals surface area contributed by atoms with Crippen molar-refractivity contribution in [2.24, 2.45) is 0 Å². The molecule has 2 N–H and O–H groups in total. The lowest BCUT2D eigenvalue weighted by molar-refractivity contribution is 0.279. The van der Waals surface area contributed by atoms with Gasteiger partial charge in [0.15, 0.2) is 0 Å². The first-order valence-electron chi connectivity index (χ1n) is 8.01. The summed E-state index contributed by atoms with van der Waals surface area (Å²) in [7, 11) is 0. The fourth-order valence-corrected chi connectivity index (χ4v) is 3.48. The van der Waals surface area contributed by atoms with Gasteiger partial charge in [0.05, 0.1) is 0 Å². The van der Waals surface area contributed by atoms with E-state index < -0.39 is 0 Å². The lowest BCUT2D eigenvalue weighted by atomic mass is 10.1. The number of aliphatic hydroxyl groups excluding tert-OH is 1. The maximum Gasteiger partial charge on any atom is 0.0431 e. The fourth-order valence-electron chi connectivity index (χ4n) is 2.97. The summed E-state index contributed by atoms with van der Waals surface area (Å²) in [6.45, 7) is 6.66. The summed E-state index contributed by atoms with van der Waals surface area (Å²) in [6.07, 6.45) is 4.49. The maximum atomic E-state index is 9.03. The van der Waals surface area contributed by atoms with Crippen LogP contribution < -0.4 is 10.2 Å². The van der Waals surface area contributed by atoms with Crippen LogP contribution in [0.15, 0.2) is 22.7 Å². The van der Waals surface area contributed by atoms with E-state index in [1.807, 2.05) is 0 Å². The van der Waals surface area contributed by atoms with Crippen molar-refractivity contribution in [3.05, 3.63) is 28.2 Å². The third-order valence-corrected chi connectivity index (χ3v) is 4.88. The summed E-state index contributed by atoms with van der Waals surface area (Å²) in [5.74, 6) is 0. The lowest BCUT2D eigenvalue weighted by Gasteiger charge is -2.27. The molecule has 0 aromatic heterocycles. The van der Waals surface area contributed by atoms with Gasteiger partial charge in [-0.15, -0.1) is 0 Å². The van der Waals surface area contributed by atoms with Gasteiger partial charge in [-0.25, -0.2) is 0 Å². The highest BCUT2D eigenvalue weighted by atomic mass is 79.9. The van der Waals surface area contributed by atoms with E-state index in [4.69, 9.17) is 5.11 Å². The van der Waals surface area contributed by atoms with Crippen LogP contribution in [0.2, 0.25) is 0 Å². The molecule has 1 aromatic carbocycles. The Morgan fingerprint density at radius 2 is 2.24 bits per heavy atom. The molecule has 2 rings (SSSR count). The normalized spacial score (nSPS) is 18.7. The van der Waals surface area contributed by atoms with E-state index in [2.05, 4.69) is 58.2 Å². The molecule has 1 unspecified atom stereocenters. The third kappa shape index (κ3) is 4.70. The number of nitrogens with zero attached hydrogens (tertiary/aromatic N) is 1.